The molecule has 0 atom stereocenters. The largest absolute Gasteiger partial charge is 0.494 e. The molecule has 118 valence electrons. The summed E-state index contributed by atoms with van der Waals surface area (Å²) in [5.41, 5.74) is 6.50. The lowest BCUT2D eigenvalue weighted by Gasteiger charge is -2.05. The van der Waals surface area contributed by atoms with Gasteiger partial charge in [0.1, 0.15) is 11.3 Å². The van der Waals surface area contributed by atoms with E-state index >= 15 is 0 Å². The molecule has 5 nitrogen and oxygen atoms in total. The van der Waals surface area contributed by atoms with Gasteiger partial charge in [-0.2, -0.15) is 0 Å². The van der Waals surface area contributed by atoms with Gasteiger partial charge in [-0.3, -0.25) is 15.6 Å². The van der Waals surface area contributed by atoms with Gasteiger partial charge in [0.05, 0.1) is 16.8 Å². The van der Waals surface area contributed by atoms with Gasteiger partial charge in [-0.25, -0.2) is 4.98 Å². The number of thiazole rings is 1. The number of carbonyl (C=O) groups excluding carboxylic acids is 1. The molecule has 2 N–H and O–H groups in total. The summed E-state index contributed by atoms with van der Waals surface area (Å²) in [7, 11) is 1.57. The molecule has 0 aliphatic carbocycles. The summed E-state index contributed by atoms with van der Waals surface area (Å²) in [6.45, 7) is 0. The maximum Gasteiger partial charge on any atom is 0.269 e. The number of amides is 1. The third kappa shape index (κ3) is 3.34. The number of carbonyl (C=O) groups is 1. The topological polar surface area (TPSA) is 63.2 Å². The van der Waals surface area contributed by atoms with Crippen molar-refractivity contribution < 1.29 is 9.53 Å². The SMILES string of the molecule is COc1ccc(Cl)c2sc(NNC(=O)c3ccc(Cl)cc3)nc12. The summed E-state index contributed by atoms with van der Waals surface area (Å²) in [6.07, 6.45) is 0. The Hall–Kier alpha value is -2.02. The van der Waals surface area contributed by atoms with E-state index in [0.29, 0.717) is 32.0 Å². The number of rotatable bonds is 4. The predicted octanol–water partition coefficient (Wildman–Crippen LogP) is 4.37. The van der Waals surface area contributed by atoms with Gasteiger partial charge >= 0.3 is 0 Å². The Bertz CT molecular complexity index is 865. The Labute approximate surface area is 146 Å². The van der Waals surface area contributed by atoms with Crippen molar-refractivity contribution in [3.8, 4) is 5.75 Å². The van der Waals surface area contributed by atoms with Crippen LogP contribution in [-0.2, 0) is 0 Å². The maximum absolute atomic E-state index is 12.0. The monoisotopic (exact) mass is 367 g/mol. The third-order valence-electron chi connectivity index (χ3n) is 3.07. The van der Waals surface area contributed by atoms with Crippen LogP contribution in [0, 0.1) is 0 Å². The van der Waals surface area contributed by atoms with E-state index in [4.69, 9.17) is 27.9 Å². The molecule has 2 aromatic carbocycles. The summed E-state index contributed by atoms with van der Waals surface area (Å²) < 4.78 is 6.05. The van der Waals surface area contributed by atoms with Crippen LogP contribution in [0.4, 0.5) is 5.13 Å². The van der Waals surface area contributed by atoms with E-state index in [1.807, 2.05) is 0 Å². The molecule has 3 aromatic rings. The van der Waals surface area contributed by atoms with Crippen molar-refractivity contribution in [2.75, 3.05) is 12.5 Å². The molecule has 0 aliphatic rings. The first-order valence-corrected chi connectivity index (χ1v) is 8.10. The molecule has 1 amide bonds. The van der Waals surface area contributed by atoms with Gasteiger partial charge in [0.15, 0.2) is 0 Å². The number of benzene rings is 2. The number of hydrogen-bond donors (Lipinski definition) is 2. The molecular weight excluding hydrogens is 357 g/mol. The highest BCUT2D eigenvalue weighted by molar-refractivity contribution is 7.22. The second-order valence-corrected chi connectivity index (χ2v) is 6.38. The van der Waals surface area contributed by atoms with Gasteiger partial charge < -0.3 is 4.74 Å². The molecule has 23 heavy (non-hydrogen) atoms. The fraction of sp³-hybridized carbons (Fsp3) is 0.0667. The molecule has 0 saturated carbocycles. The minimum Gasteiger partial charge on any atom is -0.494 e. The lowest BCUT2D eigenvalue weighted by Crippen LogP contribution is -2.29. The number of nitrogens with one attached hydrogen (secondary N) is 2. The summed E-state index contributed by atoms with van der Waals surface area (Å²) in [5, 5.41) is 1.66. The highest BCUT2D eigenvalue weighted by atomic mass is 35.5. The average molecular weight is 368 g/mol. The van der Waals surface area contributed by atoms with E-state index in [9.17, 15) is 4.79 Å². The first kappa shape index (κ1) is 15.9. The molecular formula is C15H11Cl2N3O2S. The minimum absolute atomic E-state index is 0.293. The molecule has 0 fully saturated rings. The van der Waals surface area contributed by atoms with E-state index in [1.165, 1.54) is 11.3 Å². The molecule has 0 radical (unpaired) electrons. The average Bonchev–Trinajstić information content (AvgIpc) is 2.99. The van der Waals surface area contributed by atoms with Crippen LogP contribution in [0.3, 0.4) is 0 Å². The summed E-state index contributed by atoms with van der Waals surface area (Å²) in [5.74, 6) is 0.330. The Morgan fingerprint density at radius 2 is 1.91 bits per heavy atom. The molecule has 1 aromatic heterocycles. The summed E-state index contributed by atoms with van der Waals surface area (Å²) >= 11 is 13.3. The second-order valence-electron chi connectivity index (χ2n) is 4.53. The number of aromatic nitrogens is 1. The van der Waals surface area contributed by atoms with Crippen molar-refractivity contribution in [2.45, 2.75) is 0 Å². The zero-order chi connectivity index (χ0) is 16.4. The fourth-order valence-corrected chi connectivity index (χ4v) is 3.19. The predicted molar refractivity (Wildman–Crippen MR) is 93.7 cm³/mol. The molecule has 0 saturated heterocycles. The zero-order valence-corrected chi connectivity index (χ0v) is 14.2. The highest BCUT2D eigenvalue weighted by Crippen LogP contribution is 2.37. The van der Waals surface area contributed by atoms with Crippen LogP contribution in [0.15, 0.2) is 36.4 Å². The Balaban J connectivity index is 1.78. The lowest BCUT2D eigenvalue weighted by molar-refractivity contribution is 0.0962. The maximum atomic E-state index is 12.0. The molecule has 3 rings (SSSR count). The fourth-order valence-electron chi connectivity index (χ4n) is 1.95. The lowest BCUT2D eigenvalue weighted by atomic mass is 10.2. The minimum atomic E-state index is -0.293. The van der Waals surface area contributed by atoms with E-state index in [2.05, 4.69) is 15.8 Å². The highest BCUT2D eigenvalue weighted by Gasteiger charge is 2.13. The van der Waals surface area contributed by atoms with Crippen molar-refractivity contribution >= 4 is 55.8 Å². The van der Waals surface area contributed by atoms with Crippen molar-refractivity contribution in [1.82, 2.24) is 10.4 Å². The number of nitrogens with zero attached hydrogens (tertiary/aromatic N) is 1. The van der Waals surface area contributed by atoms with Crippen LogP contribution >= 0.6 is 34.5 Å². The first-order valence-electron chi connectivity index (χ1n) is 6.53. The molecule has 0 spiro atoms. The first-order chi connectivity index (χ1) is 11.1. The number of anilines is 1. The van der Waals surface area contributed by atoms with Gasteiger partial charge in [0.2, 0.25) is 5.13 Å². The van der Waals surface area contributed by atoms with Crippen LogP contribution < -0.4 is 15.6 Å². The van der Waals surface area contributed by atoms with E-state index in [-0.39, 0.29) is 5.91 Å². The Kier molecular flexibility index (Phi) is 4.56. The van der Waals surface area contributed by atoms with Crippen LogP contribution in [0.5, 0.6) is 5.75 Å². The standard InChI is InChI=1S/C15H11Cl2N3O2S/c1-22-11-7-6-10(17)13-12(11)18-15(23-13)20-19-14(21)8-2-4-9(16)5-3-8/h2-7H,1H3,(H,18,20)(H,19,21). The van der Waals surface area contributed by atoms with Crippen LogP contribution in [-0.4, -0.2) is 18.0 Å². The number of hydrogen-bond acceptors (Lipinski definition) is 5. The van der Waals surface area contributed by atoms with Gasteiger partial charge in [0, 0.05) is 10.6 Å². The molecule has 1 heterocycles. The number of ether oxygens (including phenoxy) is 1. The van der Waals surface area contributed by atoms with Crippen molar-refractivity contribution in [3.05, 3.63) is 52.0 Å². The van der Waals surface area contributed by atoms with Crippen molar-refractivity contribution in [3.63, 3.8) is 0 Å². The van der Waals surface area contributed by atoms with Gasteiger partial charge in [-0.15, -0.1) is 0 Å². The van der Waals surface area contributed by atoms with Gasteiger partial charge in [0.25, 0.3) is 5.91 Å². The summed E-state index contributed by atoms with van der Waals surface area (Å²) in [4.78, 5) is 16.4. The van der Waals surface area contributed by atoms with Crippen molar-refractivity contribution in [1.29, 1.82) is 0 Å². The molecule has 0 bridgehead atoms. The number of fused-ring (bicyclic) bond motifs is 1. The van der Waals surface area contributed by atoms with Crippen LogP contribution in [0.1, 0.15) is 10.4 Å². The summed E-state index contributed by atoms with van der Waals surface area (Å²) in [6, 6.07) is 10.1. The Morgan fingerprint density at radius 1 is 1.17 bits per heavy atom. The number of methoxy groups -OCH3 is 1. The number of halogens is 2. The van der Waals surface area contributed by atoms with Crippen molar-refractivity contribution in [2.24, 2.45) is 0 Å². The van der Waals surface area contributed by atoms with Crippen LogP contribution in [0.2, 0.25) is 10.0 Å². The quantitative estimate of drug-likeness (QED) is 0.672. The normalized spacial score (nSPS) is 10.6. The van der Waals surface area contributed by atoms with Gasteiger partial charge in [-0.05, 0) is 36.4 Å². The van der Waals surface area contributed by atoms with Crippen LogP contribution in [0.25, 0.3) is 10.2 Å². The smallest absolute Gasteiger partial charge is 0.269 e. The Morgan fingerprint density at radius 3 is 2.61 bits per heavy atom. The third-order valence-corrected chi connectivity index (χ3v) is 4.75. The molecule has 8 heteroatoms. The molecule has 0 unspecified atom stereocenters. The number of hydrazine groups is 1. The zero-order valence-electron chi connectivity index (χ0n) is 11.9. The van der Waals surface area contributed by atoms with E-state index in [1.54, 1.807) is 43.5 Å². The van der Waals surface area contributed by atoms with E-state index in [0.717, 1.165) is 4.70 Å². The van der Waals surface area contributed by atoms with Gasteiger partial charge in [-0.1, -0.05) is 34.5 Å². The van der Waals surface area contributed by atoms with E-state index < -0.39 is 0 Å². The molecule has 0 aliphatic heterocycles. The second kappa shape index (κ2) is 6.62.